The van der Waals surface area contributed by atoms with Gasteiger partial charge in [0.15, 0.2) is 0 Å². The van der Waals surface area contributed by atoms with Crippen LogP contribution in [0.2, 0.25) is 10.0 Å². The van der Waals surface area contributed by atoms with Crippen LogP contribution in [-0.2, 0) is 17.8 Å². The van der Waals surface area contributed by atoms with Gasteiger partial charge in [0, 0.05) is 24.0 Å². The van der Waals surface area contributed by atoms with Gasteiger partial charge < -0.3 is 9.80 Å². The van der Waals surface area contributed by atoms with Crippen molar-refractivity contribution in [2.75, 3.05) is 13.6 Å². The quantitative estimate of drug-likeness (QED) is 0.718. The minimum absolute atomic E-state index is 0.0787. The van der Waals surface area contributed by atoms with Gasteiger partial charge in [-0.3, -0.25) is 9.59 Å². The van der Waals surface area contributed by atoms with Gasteiger partial charge in [-0.05, 0) is 37.5 Å². The minimum Gasteiger partial charge on any atom is -0.338 e. The Hall–Kier alpha value is -1.63. The fraction of sp³-hybridized carbons (Fsp3) is 0.421. The highest BCUT2D eigenvalue weighted by atomic mass is 35.5. The molecule has 27 heavy (non-hydrogen) atoms. The SMILES string of the molecule is CCc1nc(CN(C)C(=O)C2CCCN2C(=O)c2cc(Cl)ccc2Cl)cs1. The maximum Gasteiger partial charge on any atom is 0.256 e. The van der Waals surface area contributed by atoms with Gasteiger partial charge in [-0.2, -0.15) is 0 Å². The third-order valence-electron chi connectivity index (χ3n) is 4.63. The molecule has 1 saturated heterocycles. The lowest BCUT2D eigenvalue weighted by Gasteiger charge is -2.28. The largest absolute Gasteiger partial charge is 0.338 e. The summed E-state index contributed by atoms with van der Waals surface area (Å²) < 4.78 is 0. The summed E-state index contributed by atoms with van der Waals surface area (Å²) in [5.41, 5.74) is 1.21. The Morgan fingerprint density at radius 2 is 2.15 bits per heavy atom. The molecule has 1 fully saturated rings. The summed E-state index contributed by atoms with van der Waals surface area (Å²) in [5.74, 6) is -0.335. The predicted molar refractivity (Wildman–Crippen MR) is 108 cm³/mol. The van der Waals surface area contributed by atoms with Gasteiger partial charge in [0.05, 0.1) is 27.8 Å². The molecule has 144 valence electrons. The number of thiazole rings is 1. The number of halogens is 2. The van der Waals surface area contributed by atoms with Crippen LogP contribution in [0.4, 0.5) is 0 Å². The van der Waals surface area contributed by atoms with Crippen molar-refractivity contribution in [3.8, 4) is 0 Å². The van der Waals surface area contributed by atoms with Crippen molar-refractivity contribution in [1.82, 2.24) is 14.8 Å². The van der Waals surface area contributed by atoms with Crippen LogP contribution in [0.5, 0.6) is 0 Å². The van der Waals surface area contributed by atoms with E-state index < -0.39 is 6.04 Å². The third kappa shape index (κ3) is 4.45. The summed E-state index contributed by atoms with van der Waals surface area (Å²) in [7, 11) is 1.75. The van der Waals surface area contributed by atoms with E-state index in [0.29, 0.717) is 35.1 Å². The number of carbonyl (C=O) groups is 2. The first-order chi connectivity index (χ1) is 12.9. The van der Waals surface area contributed by atoms with Gasteiger partial charge in [-0.15, -0.1) is 11.3 Å². The molecule has 0 radical (unpaired) electrons. The number of aromatic nitrogens is 1. The lowest BCUT2D eigenvalue weighted by atomic mass is 10.1. The van der Waals surface area contributed by atoms with Crippen molar-refractivity contribution in [1.29, 1.82) is 0 Å². The van der Waals surface area contributed by atoms with E-state index in [4.69, 9.17) is 23.2 Å². The van der Waals surface area contributed by atoms with Gasteiger partial charge in [0.1, 0.15) is 6.04 Å². The van der Waals surface area contributed by atoms with E-state index in [9.17, 15) is 9.59 Å². The van der Waals surface area contributed by atoms with Crippen LogP contribution in [0.15, 0.2) is 23.6 Å². The molecule has 1 aliphatic heterocycles. The second-order valence-corrected chi connectivity index (χ2v) is 8.35. The lowest BCUT2D eigenvalue weighted by molar-refractivity contribution is -0.134. The molecule has 2 heterocycles. The molecule has 1 aliphatic rings. The van der Waals surface area contributed by atoms with Crippen molar-refractivity contribution in [3.63, 3.8) is 0 Å². The summed E-state index contributed by atoms with van der Waals surface area (Å²) in [6, 6.07) is 4.31. The Labute approximate surface area is 172 Å². The lowest BCUT2D eigenvalue weighted by Crippen LogP contribution is -2.46. The fourth-order valence-corrected chi connectivity index (χ4v) is 4.35. The maximum absolute atomic E-state index is 13.0. The molecule has 0 aliphatic carbocycles. The molecule has 1 aromatic carbocycles. The first-order valence-corrected chi connectivity index (χ1v) is 10.5. The molecule has 0 bridgehead atoms. The van der Waals surface area contributed by atoms with Crippen molar-refractivity contribution < 1.29 is 9.59 Å². The average Bonchev–Trinajstić information content (AvgIpc) is 3.31. The highest BCUT2D eigenvalue weighted by Gasteiger charge is 2.36. The predicted octanol–water partition coefficient (Wildman–Crippen LogP) is 4.28. The minimum atomic E-state index is -0.484. The fourth-order valence-electron chi connectivity index (χ4n) is 3.24. The normalized spacial score (nSPS) is 16.6. The van der Waals surface area contributed by atoms with Gasteiger partial charge in [-0.25, -0.2) is 4.98 Å². The van der Waals surface area contributed by atoms with E-state index in [0.717, 1.165) is 23.5 Å². The van der Waals surface area contributed by atoms with E-state index in [1.807, 2.05) is 5.38 Å². The standard InChI is InChI=1S/C19H21Cl2N3O2S/c1-3-17-22-13(11-27-17)10-23(2)19(26)16-5-4-8-24(16)18(25)14-9-12(20)6-7-15(14)21/h6-7,9,11,16H,3-5,8,10H2,1-2H3. The number of benzene rings is 1. The summed E-state index contributed by atoms with van der Waals surface area (Å²) in [6.07, 6.45) is 2.31. The maximum atomic E-state index is 13.0. The van der Waals surface area contributed by atoms with Crippen molar-refractivity contribution in [3.05, 3.63) is 49.9 Å². The van der Waals surface area contributed by atoms with Gasteiger partial charge >= 0.3 is 0 Å². The molecule has 1 atom stereocenters. The highest BCUT2D eigenvalue weighted by molar-refractivity contribution is 7.09. The van der Waals surface area contributed by atoms with Crippen LogP contribution in [0.25, 0.3) is 0 Å². The molecule has 2 aromatic rings. The number of aryl methyl sites for hydroxylation is 1. The molecule has 0 N–H and O–H groups in total. The van der Waals surface area contributed by atoms with Gasteiger partial charge in [0.2, 0.25) is 5.91 Å². The first-order valence-electron chi connectivity index (χ1n) is 8.85. The molecule has 0 saturated carbocycles. The summed E-state index contributed by atoms with van der Waals surface area (Å²) >= 11 is 13.8. The van der Waals surface area contributed by atoms with Gasteiger partial charge in [-0.1, -0.05) is 30.1 Å². The zero-order chi connectivity index (χ0) is 19.6. The summed E-state index contributed by atoms with van der Waals surface area (Å²) in [5, 5.41) is 3.81. The zero-order valence-electron chi connectivity index (χ0n) is 15.2. The molecular formula is C19H21Cl2N3O2S. The van der Waals surface area contributed by atoms with Crippen LogP contribution in [0.1, 0.15) is 40.8 Å². The molecule has 0 spiro atoms. The average molecular weight is 426 g/mol. The number of amides is 2. The number of likely N-dealkylation sites (tertiary alicyclic amines) is 1. The second-order valence-electron chi connectivity index (χ2n) is 6.56. The molecular weight excluding hydrogens is 405 g/mol. The monoisotopic (exact) mass is 425 g/mol. The summed E-state index contributed by atoms with van der Waals surface area (Å²) in [4.78, 5) is 33.7. The number of hydrogen-bond acceptors (Lipinski definition) is 4. The van der Waals surface area contributed by atoms with Crippen molar-refractivity contribution in [2.45, 2.75) is 38.8 Å². The Morgan fingerprint density at radius 1 is 1.37 bits per heavy atom. The number of nitrogens with zero attached hydrogens (tertiary/aromatic N) is 3. The van der Waals surface area contributed by atoms with Crippen LogP contribution in [0.3, 0.4) is 0 Å². The number of hydrogen-bond donors (Lipinski definition) is 0. The van der Waals surface area contributed by atoms with Crippen molar-refractivity contribution in [2.24, 2.45) is 0 Å². The number of likely N-dealkylation sites (N-methyl/N-ethyl adjacent to an activating group) is 1. The first kappa shape index (κ1) is 20.1. The Morgan fingerprint density at radius 3 is 2.85 bits per heavy atom. The van der Waals surface area contributed by atoms with Crippen LogP contribution >= 0.6 is 34.5 Å². The highest BCUT2D eigenvalue weighted by Crippen LogP contribution is 2.27. The molecule has 3 rings (SSSR count). The van der Waals surface area contributed by atoms with E-state index in [2.05, 4.69) is 11.9 Å². The zero-order valence-corrected chi connectivity index (χ0v) is 17.6. The van der Waals surface area contributed by atoms with E-state index >= 15 is 0 Å². The van der Waals surface area contributed by atoms with Crippen LogP contribution in [0, 0.1) is 0 Å². The number of carbonyl (C=O) groups excluding carboxylic acids is 2. The van der Waals surface area contributed by atoms with E-state index in [1.54, 1.807) is 46.4 Å². The molecule has 1 aromatic heterocycles. The Balaban J connectivity index is 1.73. The third-order valence-corrected chi connectivity index (χ3v) is 6.24. The Bertz CT molecular complexity index is 855. The van der Waals surface area contributed by atoms with E-state index in [1.165, 1.54) is 0 Å². The molecule has 8 heteroatoms. The smallest absolute Gasteiger partial charge is 0.256 e. The molecule has 5 nitrogen and oxygen atoms in total. The number of rotatable bonds is 5. The second kappa shape index (κ2) is 8.59. The summed E-state index contributed by atoms with van der Waals surface area (Å²) in [6.45, 7) is 3.02. The van der Waals surface area contributed by atoms with Crippen LogP contribution < -0.4 is 0 Å². The van der Waals surface area contributed by atoms with Crippen molar-refractivity contribution >= 4 is 46.4 Å². The Kier molecular flexibility index (Phi) is 6.40. The molecule has 2 amide bonds. The molecule has 1 unspecified atom stereocenters. The van der Waals surface area contributed by atoms with E-state index in [-0.39, 0.29) is 11.8 Å². The topological polar surface area (TPSA) is 53.5 Å². The van der Waals surface area contributed by atoms with Gasteiger partial charge in [0.25, 0.3) is 5.91 Å². The van der Waals surface area contributed by atoms with Crippen LogP contribution in [-0.4, -0.2) is 46.2 Å².